The maximum atomic E-state index is 6.05. The van der Waals surface area contributed by atoms with Crippen LogP contribution in [0.25, 0.3) is 6.08 Å². The van der Waals surface area contributed by atoms with E-state index in [-0.39, 0.29) is 0 Å². The molecule has 0 saturated carbocycles. The first-order valence-corrected chi connectivity index (χ1v) is 12.4. The molecule has 0 atom stereocenters. The number of furan rings is 1. The average Bonchev–Trinajstić information content (AvgIpc) is 3.42. The van der Waals surface area contributed by atoms with E-state index in [0.717, 1.165) is 18.6 Å². The Kier molecular flexibility index (Phi) is 5.15. The zero-order valence-electron chi connectivity index (χ0n) is 17.3. The summed E-state index contributed by atoms with van der Waals surface area (Å²) >= 11 is 0. The summed E-state index contributed by atoms with van der Waals surface area (Å²) < 4.78 is 6.05. The monoisotopic (exact) mass is 409 g/mol. The Morgan fingerprint density at radius 1 is 0.733 bits per heavy atom. The Balaban J connectivity index is 1.80. The van der Waals surface area contributed by atoms with E-state index in [2.05, 4.69) is 104 Å². The summed E-state index contributed by atoms with van der Waals surface area (Å²) in [6, 6.07) is 33.0. The topological polar surface area (TPSA) is 13.1 Å². The van der Waals surface area contributed by atoms with Crippen LogP contribution in [-0.2, 0) is 12.8 Å². The van der Waals surface area contributed by atoms with E-state index in [1.807, 2.05) is 6.26 Å². The number of benzene rings is 3. The fourth-order valence-corrected chi connectivity index (χ4v) is 9.09. The van der Waals surface area contributed by atoms with Crippen LogP contribution in [0.5, 0.6) is 0 Å². The minimum absolute atomic E-state index is 1.05. The van der Waals surface area contributed by atoms with E-state index >= 15 is 0 Å². The minimum atomic E-state index is -2.01. The first-order chi connectivity index (χ1) is 14.8. The Labute approximate surface area is 179 Å². The van der Waals surface area contributed by atoms with Crippen LogP contribution in [0.1, 0.15) is 30.2 Å². The quantitative estimate of drug-likeness (QED) is 0.362. The highest BCUT2D eigenvalue weighted by atomic mass is 31.2. The van der Waals surface area contributed by atoms with Gasteiger partial charge in [-0.3, -0.25) is 0 Å². The van der Waals surface area contributed by atoms with E-state index in [9.17, 15) is 0 Å². The molecule has 1 nitrogen and oxygen atoms in total. The van der Waals surface area contributed by atoms with Gasteiger partial charge in [-0.25, -0.2) is 0 Å². The van der Waals surface area contributed by atoms with Gasteiger partial charge >= 0.3 is 0 Å². The zero-order valence-corrected chi connectivity index (χ0v) is 18.2. The van der Waals surface area contributed by atoms with Crippen LogP contribution < -0.4 is 15.9 Å². The molecule has 0 amide bonds. The average molecular weight is 409 g/mol. The van der Waals surface area contributed by atoms with Crippen LogP contribution >= 0.6 is 7.26 Å². The second kappa shape index (κ2) is 8.09. The SMILES string of the molecule is C/C(=C\c1occ2c1CCC2)[P+](c1ccccc1)(c1ccccc1)c1ccccc1. The van der Waals surface area contributed by atoms with Gasteiger partial charge in [0, 0.05) is 11.6 Å². The zero-order chi connectivity index (χ0) is 20.4. The van der Waals surface area contributed by atoms with Gasteiger partial charge in [-0.05, 0) is 68.1 Å². The smallest absolute Gasteiger partial charge is 0.139 e. The fourth-order valence-electron chi connectivity index (χ4n) is 4.80. The Hall–Kier alpha value is -2.89. The maximum absolute atomic E-state index is 6.05. The van der Waals surface area contributed by atoms with Crippen LogP contribution in [0, 0.1) is 0 Å². The van der Waals surface area contributed by atoms with Gasteiger partial charge in [-0.1, -0.05) is 54.6 Å². The molecule has 0 saturated heterocycles. The summed E-state index contributed by atoms with van der Waals surface area (Å²) in [6.45, 7) is 2.30. The van der Waals surface area contributed by atoms with Crippen molar-refractivity contribution in [3.8, 4) is 0 Å². The van der Waals surface area contributed by atoms with Gasteiger partial charge in [0.25, 0.3) is 0 Å². The molecular formula is C28H26OP+. The Morgan fingerprint density at radius 2 is 1.23 bits per heavy atom. The highest BCUT2D eigenvalue weighted by Crippen LogP contribution is 2.62. The van der Waals surface area contributed by atoms with Crippen molar-refractivity contribution in [2.45, 2.75) is 26.2 Å². The minimum Gasteiger partial charge on any atom is -0.464 e. The highest BCUT2D eigenvalue weighted by Gasteiger charge is 2.47. The van der Waals surface area contributed by atoms with E-state index in [1.54, 1.807) is 0 Å². The number of aryl methyl sites for hydroxylation is 1. The summed E-state index contributed by atoms with van der Waals surface area (Å²) in [7, 11) is -2.01. The van der Waals surface area contributed by atoms with Crippen molar-refractivity contribution < 1.29 is 4.42 Å². The van der Waals surface area contributed by atoms with Gasteiger partial charge in [0.15, 0.2) is 0 Å². The largest absolute Gasteiger partial charge is 0.464 e. The van der Waals surface area contributed by atoms with Gasteiger partial charge in [0.05, 0.1) is 11.6 Å². The lowest BCUT2D eigenvalue weighted by molar-refractivity contribution is 0.546. The summed E-state index contributed by atoms with van der Waals surface area (Å²) in [4.78, 5) is 0. The standard InChI is InChI=1S/C28H26OP/c1-22(20-28-27-19-11-12-23(27)21-29-28)30(24-13-5-2-6-14-24,25-15-7-3-8-16-25)26-17-9-4-10-18-26/h2-10,13-18,20-21H,11-12,19H2,1H3/q+1/b22-20+. The van der Waals surface area contributed by atoms with Crippen LogP contribution in [-0.4, -0.2) is 0 Å². The molecule has 0 N–H and O–H groups in total. The summed E-state index contributed by atoms with van der Waals surface area (Å²) in [6.07, 6.45) is 7.79. The lowest BCUT2D eigenvalue weighted by atomic mass is 10.2. The lowest BCUT2D eigenvalue weighted by Crippen LogP contribution is -2.31. The summed E-state index contributed by atoms with van der Waals surface area (Å²) in [5.41, 5.74) is 2.79. The molecule has 4 aromatic rings. The molecule has 2 heteroatoms. The Bertz CT molecular complexity index is 1060. The number of allylic oxidation sites excluding steroid dienone is 1. The van der Waals surface area contributed by atoms with Crippen molar-refractivity contribution in [3.63, 3.8) is 0 Å². The normalized spacial score (nSPS) is 14.0. The van der Waals surface area contributed by atoms with E-state index in [0.29, 0.717) is 0 Å². The van der Waals surface area contributed by atoms with Crippen molar-refractivity contribution in [2.75, 3.05) is 0 Å². The molecule has 148 valence electrons. The van der Waals surface area contributed by atoms with Gasteiger partial charge in [-0.15, -0.1) is 0 Å². The third-order valence-electron chi connectivity index (χ3n) is 6.19. The van der Waals surface area contributed by atoms with E-state index in [1.165, 1.54) is 38.8 Å². The lowest BCUT2D eigenvalue weighted by Gasteiger charge is -2.28. The first kappa shape index (κ1) is 19.1. The Morgan fingerprint density at radius 3 is 1.73 bits per heavy atom. The van der Waals surface area contributed by atoms with Crippen molar-refractivity contribution in [3.05, 3.63) is 119 Å². The molecule has 5 rings (SSSR count). The second-order valence-electron chi connectivity index (χ2n) is 7.92. The molecular weight excluding hydrogens is 383 g/mol. The summed E-state index contributed by atoms with van der Waals surface area (Å²) in [5, 5.41) is 5.49. The molecule has 0 unspecified atom stereocenters. The van der Waals surface area contributed by atoms with E-state index < -0.39 is 7.26 Å². The first-order valence-electron chi connectivity index (χ1n) is 10.6. The number of fused-ring (bicyclic) bond motifs is 1. The predicted octanol–water partition coefficient (Wildman–Crippen LogP) is 6.12. The molecule has 0 bridgehead atoms. The van der Waals surface area contributed by atoms with Crippen LogP contribution in [0.3, 0.4) is 0 Å². The third-order valence-corrected chi connectivity index (χ3v) is 10.6. The van der Waals surface area contributed by atoms with Gasteiger partial charge < -0.3 is 4.42 Å². The molecule has 1 heterocycles. The van der Waals surface area contributed by atoms with Crippen LogP contribution in [0.15, 0.2) is 107 Å². The number of rotatable bonds is 5. The maximum Gasteiger partial charge on any atom is 0.139 e. The molecule has 3 aromatic carbocycles. The highest BCUT2D eigenvalue weighted by molar-refractivity contribution is 7.99. The van der Waals surface area contributed by atoms with Gasteiger partial charge in [0.2, 0.25) is 0 Å². The molecule has 0 fully saturated rings. The van der Waals surface area contributed by atoms with Gasteiger partial charge in [0.1, 0.15) is 28.9 Å². The fraction of sp³-hybridized carbons (Fsp3) is 0.143. The molecule has 1 aliphatic carbocycles. The van der Waals surface area contributed by atoms with Crippen molar-refractivity contribution in [1.29, 1.82) is 0 Å². The predicted molar refractivity (Wildman–Crippen MR) is 130 cm³/mol. The molecule has 0 spiro atoms. The second-order valence-corrected chi connectivity index (χ2v) is 11.5. The van der Waals surface area contributed by atoms with Gasteiger partial charge in [-0.2, -0.15) is 0 Å². The molecule has 30 heavy (non-hydrogen) atoms. The molecule has 0 aliphatic heterocycles. The van der Waals surface area contributed by atoms with Crippen molar-refractivity contribution in [2.24, 2.45) is 0 Å². The van der Waals surface area contributed by atoms with Crippen molar-refractivity contribution >= 4 is 29.3 Å². The van der Waals surface area contributed by atoms with Crippen LogP contribution in [0.4, 0.5) is 0 Å². The molecule has 0 radical (unpaired) electrons. The molecule has 1 aromatic heterocycles. The number of hydrogen-bond donors (Lipinski definition) is 0. The number of hydrogen-bond acceptors (Lipinski definition) is 1. The van der Waals surface area contributed by atoms with E-state index in [4.69, 9.17) is 4.42 Å². The molecule has 1 aliphatic rings. The summed E-state index contributed by atoms with van der Waals surface area (Å²) in [5.74, 6) is 1.05. The third kappa shape index (κ3) is 3.15. The van der Waals surface area contributed by atoms with Crippen LogP contribution in [0.2, 0.25) is 0 Å². The van der Waals surface area contributed by atoms with Crippen molar-refractivity contribution in [1.82, 2.24) is 0 Å².